The second kappa shape index (κ2) is 7.33. The van der Waals surface area contributed by atoms with Gasteiger partial charge < -0.3 is 4.74 Å². The van der Waals surface area contributed by atoms with Crippen LogP contribution in [-0.4, -0.2) is 13.4 Å². The molecule has 0 saturated carbocycles. The van der Waals surface area contributed by atoms with Crippen LogP contribution in [0, 0.1) is 0 Å². The maximum atomic E-state index is 12.5. The highest BCUT2D eigenvalue weighted by Crippen LogP contribution is 2.28. The molecule has 1 N–H and O–H groups in total. The summed E-state index contributed by atoms with van der Waals surface area (Å²) in [7, 11) is -3.70. The van der Waals surface area contributed by atoms with Gasteiger partial charge in [0.2, 0.25) is 0 Å². The van der Waals surface area contributed by atoms with E-state index in [1.807, 2.05) is 5.38 Å². The summed E-state index contributed by atoms with van der Waals surface area (Å²) >= 11 is 4.76. The Kier molecular flexibility index (Phi) is 5.17. The first-order valence-electron chi connectivity index (χ1n) is 6.92. The van der Waals surface area contributed by atoms with Crippen molar-refractivity contribution >= 4 is 43.0 Å². The number of hydrogen-bond acceptors (Lipinski definition) is 5. The molecule has 0 radical (unpaired) electrons. The van der Waals surface area contributed by atoms with E-state index in [0.717, 1.165) is 5.69 Å². The van der Waals surface area contributed by atoms with Gasteiger partial charge in [-0.3, -0.25) is 4.72 Å². The normalized spacial score (nSPS) is 11.2. The summed E-state index contributed by atoms with van der Waals surface area (Å²) in [5.41, 5.74) is 2.90. The fourth-order valence-electron chi connectivity index (χ4n) is 1.98. The number of hydrogen-bond donors (Lipinski definition) is 1. The number of sulfonamides is 1. The van der Waals surface area contributed by atoms with Gasteiger partial charge in [0.1, 0.15) is 12.4 Å². The lowest BCUT2D eigenvalue weighted by Gasteiger charge is -2.13. The maximum absolute atomic E-state index is 12.5. The number of anilines is 1. The van der Waals surface area contributed by atoms with Gasteiger partial charge in [0.15, 0.2) is 0 Å². The number of nitrogens with one attached hydrogen (secondary N) is 1. The van der Waals surface area contributed by atoms with E-state index in [4.69, 9.17) is 4.74 Å². The van der Waals surface area contributed by atoms with Crippen molar-refractivity contribution in [3.63, 3.8) is 0 Å². The van der Waals surface area contributed by atoms with Crippen molar-refractivity contribution in [2.45, 2.75) is 11.5 Å². The largest absolute Gasteiger partial charge is 0.485 e. The molecular formula is C16H13BrN2O3S2. The van der Waals surface area contributed by atoms with E-state index in [9.17, 15) is 8.42 Å². The molecule has 0 spiro atoms. The van der Waals surface area contributed by atoms with Crippen molar-refractivity contribution < 1.29 is 13.2 Å². The lowest BCUT2D eigenvalue weighted by molar-refractivity contribution is 0.304. The number of para-hydroxylation sites is 2. The summed E-state index contributed by atoms with van der Waals surface area (Å²) in [6, 6.07) is 13.4. The molecule has 24 heavy (non-hydrogen) atoms. The minimum atomic E-state index is -3.70. The zero-order valence-electron chi connectivity index (χ0n) is 12.3. The molecule has 1 aromatic heterocycles. The third-order valence-electron chi connectivity index (χ3n) is 3.10. The summed E-state index contributed by atoms with van der Waals surface area (Å²) in [5, 5.41) is 1.88. The lowest BCUT2D eigenvalue weighted by atomic mass is 10.3. The molecule has 0 atom stereocenters. The van der Waals surface area contributed by atoms with Crippen LogP contribution < -0.4 is 9.46 Å². The lowest BCUT2D eigenvalue weighted by Crippen LogP contribution is -2.14. The molecule has 0 aliphatic carbocycles. The topological polar surface area (TPSA) is 68.3 Å². The van der Waals surface area contributed by atoms with Crippen LogP contribution in [0.25, 0.3) is 0 Å². The van der Waals surface area contributed by atoms with Crippen molar-refractivity contribution in [2.75, 3.05) is 4.72 Å². The summed E-state index contributed by atoms with van der Waals surface area (Å²) in [6.07, 6.45) is 0. The predicted octanol–water partition coefficient (Wildman–Crippen LogP) is 4.29. The number of thiazole rings is 1. The van der Waals surface area contributed by atoms with Crippen molar-refractivity contribution in [1.29, 1.82) is 0 Å². The molecule has 2 aromatic carbocycles. The average molecular weight is 425 g/mol. The first-order chi connectivity index (χ1) is 11.5. The zero-order chi connectivity index (χ0) is 17.0. The number of nitrogens with zero attached hydrogens (tertiary/aromatic N) is 1. The van der Waals surface area contributed by atoms with Crippen LogP contribution in [-0.2, 0) is 16.6 Å². The predicted molar refractivity (Wildman–Crippen MR) is 97.8 cm³/mol. The van der Waals surface area contributed by atoms with Gasteiger partial charge in [0.05, 0.1) is 21.8 Å². The van der Waals surface area contributed by atoms with Gasteiger partial charge in [0.25, 0.3) is 10.0 Å². The molecule has 0 aliphatic rings. The first-order valence-corrected chi connectivity index (χ1v) is 10.1. The molecule has 3 rings (SSSR count). The second-order valence-corrected chi connectivity index (χ2v) is 8.14. The second-order valence-electron chi connectivity index (χ2n) is 4.83. The van der Waals surface area contributed by atoms with E-state index in [0.29, 0.717) is 15.9 Å². The summed E-state index contributed by atoms with van der Waals surface area (Å²) < 4.78 is 34.0. The van der Waals surface area contributed by atoms with Crippen LogP contribution in [0.5, 0.6) is 5.75 Å². The molecule has 3 aromatic rings. The van der Waals surface area contributed by atoms with Crippen LogP contribution in [0.4, 0.5) is 5.69 Å². The Morgan fingerprint density at radius 3 is 2.75 bits per heavy atom. The smallest absolute Gasteiger partial charge is 0.262 e. The number of benzene rings is 2. The quantitative estimate of drug-likeness (QED) is 0.640. The van der Waals surface area contributed by atoms with Crippen LogP contribution in [0.2, 0.25) is 0 Å². The molecule has 0 saturated heterocycles. The average Bonchev–Trinajstić information content (AvgIpc) is 3.07. The van der Waals surface area contributed by atoms with E-state index < -0.39 is 10.0 Å². The molecule has 0 fully saturated rings. The molecule has 0 amide bonds. The monoisotopic (exact) mass is 424 g/mol. The van der Waals surface area contributed by atoms with Crippen LogP contribution in [0.1, 0.15) is 5.69 Å². The Bertz CT molecular complexity index is 928. The molecule has 5 nitrogen and oxygen atoms in total. The zero-order valence-corrected chi connectivity index (χ0v) is 15.6. The SMILES string of the molecule is O=S(=O)(Nc1ccccc1OCc1cscn1)c1cccc(Br)c1. The van der Waals surface area contributed by atoms with Crippen molar-refractivity contribution in [3.8, 4) is 5.75 Å². The van der Waals surface area contributed by atoms with Crippen molar-refractivity contribution in [3.05, 3.63) is 69.6 Å². The number of rotatable bonds is 6. The van der Waals surface area contributed by atoms with E-state index >= 15 is 0 Å². The number of halogens is 1. The van der Waals surface area contributed by atoms with Gasteiger partial charge in [0, 0.05) is 9.85 Å². The van der Waals surface area contributed by atoms with Gasteiger partial charge in [-0.05, 0) is 30.3 Å². The van der Waals surface area contributed by atoms with Crippen LogP contribution in [0.15, 0.2) is 68.8 Å². The van der Waals surface area contributed by atoms with Gasteiger partial charge in [-0.1, -0.05) is 34.1 Å². The minimum Gasteiger partial charge on any atom is -0.485 e. The maximum Gasteiger partial charge on any atom is 0.262 e. The Labute approximate surface area is 152 Å². The highest BCUT2D eigenvalue weighted by molar-refractivity contribution is 9.10. The van der Waals surface area contributed by atoms with E-state index in [1.165, 1.54) is 17.4 Å². The van der Waals surface area contributed by atoms with Gasteiger partial charge >= 0.3 is 0 Å². The van der Waals surface area contributed by atoms with E-state index in [-0.39, 0.29) is 11.5 Å². The van der Waals surface area contributed by atoms with Crippen LogP contribution in [0.3, 0.4) is 0 Å². The third-order valence-corrected chi connectivity index (χ3v) is 5.59. The first kappa shape index (κ1) is 16.9. The summed E-state index contributed by atoms with van der Waals surface area (Å²) in [6.45, 7) is 0.277. The van der Waals surface area contributed by atoms with Gasteiger partial charge in [-0.15, -0.1) is 11.3 Å². The molecule has 8 heteroatoms. The third kappa shape index (κ3) is 4.14. The van der Waals surface area contributed by atoms with Gasteiger partial charge in [-0.25, -0.2) is 13.4 Å². The molecule has 0 bridgehead atoms. The number of ether oxygens (including phenoxy) is 1. The highest BCUT2D eigenvalue weighted by Gasteiger charge is 2.16. The Balaban J connectivity index is 1.82. The van der Waals surface area contributed by atoms with Crippen LogP contribution >= 0.6 is 27.3 Å². The molecular weight excluding hydrogens is 412 g/mol. The van der Waals surface area contributed by atoms with E-state index in [1.54, 1.807) is 48.0 Å². The van der Waals surface area contributed by atoms with E-state index in [2.05, 4.69) is 25.6 Å². The fourth-order valence-corrected chi connectivity index (χ4v) is 4.18. The Morgan fingerprint density at radius 1 is 1.17 bits per heavy atom. The molecule has 1 heterocycles. The highest BCUT2D eigenvalue weighted by atomic mass is 79.9. The number of aromatic nitrogens is 1. The van der Waals surface area contributed by atoms with Crippen molar-refractivity contribution in [1.82, 2.24) is 4.98 Å². The van der Waals surface area contributed by atoms with Gasteiger partial charge in [-0.2, -0.15) is 0 Å². The minimum absolute atomic E-state index is 0.172. The standard InChI is InChI=1S/C16H13BrN2O3S2/c17-12-4-3-5-14(8-12)24(20,21)19-15-6-1-2-7-16(15)22-9-13-10-23-11-18-13/h1-8,10-11,19H,9H2. The molecule has 0 aliphatic heterocycles. The molecule has 124 valence electrons. The fraction of sp³-hybridized carbons (Fsp3) is 0.0625. The summed E-state index contributed by atoms with van der Waals surface area (Å²) in [4.78, 5) is 4.31. The molecule has 0 unspecified atom stereocenters. The summed E-state index contributed by atoms with van der Waals surface area (Å²) in [5.74, 6) is 0.448. The van der Waals surface area contributed by atoms with Crippen molar-refractivity contribution in [2.24, 2.45) is 0 Å². The Morgan fingerprint density at radius 2 is 2.00 bits per heavy atom. The Hall–Kier alpha value is -1.90.